The molecule has 0 spiro atoms. The quantitative estimate of drug-likeness (QED) is 0.787. The Kier molecular flexibility index (Phi) is 3.15. The molecule has 2 aliphatic rings. The summed E-state index contributed by atoms with van der Waals surface area (Å²) >= 11 is 0. The largest absolute Gasteiger partial charge is 0.341 e. The van der Waals surface area contributed by atoms with Gasteiger partial charge < -0.3 is 4.90 Å². The third-order valence-electron chi connectivity index (χ3n) is 3.94. The molecule has 3 rings (SSSR count). The second-order valence-corrected chi connectivity index (χ2v) is 6.64. The van der Waals surface area contributed by atoms with Crippen LogP contribution in [0.15, 0.2) is 6.20 Å². The van der Waals surface area contributed by atoms with E-state index in [4.69, 9.17) is 4.98 Å². The lowest BCUT2D eigenvalue weighted by Crippen LogP contribution is -2.44. The highest BCUT2D eigenvalue weighted by atomic mass is 16.2. The standard InChI is InChI=1S/C15H22N4O/c1-15(2,3)19-12(20)9-11-10-16-14(17-13(11)19)18-7-5-4-6-8-18/h10H,4-9H2,1-3H3. The summed E-state index contributed by atoms with van der Waals surface area (Å²) in [7, 11) is 0. The Bertz CT molecular complexity index is 529. The Morgan fingerprint density at radius 3 is 2.50 bits per heavy atom. The number of amides is 1. The normalized spacial score (nSPS) is 19.4. The number of nitrogens with zero attached hydrogens (tertiary/aromatic N) is 4. The van der Waals surface area contributed by atoms with Gasteiger partial charge >= 0.3 is 0 Å². The summed E-state index contributed by atoms with van der Waals surface area (Å²) in [5, 5.41) is 0. The molecule has 5 heteroatoms. The average molecular weight is 274 g/mol. The lowest BCUT2D eigenvalue weighted by Gasteiger charge is -2.32. The first-order valence-electron chi connectivity index (χ1n) is 7.41. The Hall–Kier alpha value is -1.65. The van der Waals surface area contributed by atoms with E-state index in [0.717, 1.165) is 30.4 Å². The van der Waals surface area contributed by atoms with Crippen molar-refractivity contribution >= 4 is 17.7 Å². The van der Waals surface area contributed by atoms with Crippen LogP contribution in [0.1, 0.15) is 45.6 Å². The molecular weight excluding hydrogens is 252 g/mol. The number of rotatable bonds is 1. The zero-order chi connectivity index (χ0) is 14.3. The van der Waals surface area contributed by atoms with Crippen molar-refractivity contribution in [2.75, 3.05) is 22.9 Å². The molecule has 0 N–H and O–H groups in total. The summed E-state index contributed by atoms with van der Waals surface area (Å²) in [6, 6.07) is 0. The maximum Gasteiger partial charge on any atom is 0.233 e. The van der Waals surface area contributed by atoms with Gasteiger partial charge in [0.25, 0.3) is 0 Å². The molecule has 0 bridgehead atoms. The van der Waals surface area contributed by atoms with Crippen molar-refractivity contribution in [2.24, 2.45) is 0 Å². The first-order valence-corrected chi connectivity index (χ1v) is 7.41. The van der Waals surface area contributed by atoms with E-state index in [1.54, 1.807) is 0 Å². The molecule has 5 nitrogen and oxygen atoms in total. The molecule has 1 aromatic rings. The van der Waals surface area contributed by atoms with Crippen LogP contribution in [0.3, 0.4) is 0 Å². The van der Waals surface area contributed by atoms with Crippen LogP contribution in [-0.2, 0) is 11.2 Å². The molecule has 3 heterocycles. The third-order valence-corrected chi connectivity index (χ3v) is 3.94. The van der Waals surface area contributed by atoms with Crippen molar-refractivity contribution < 1.29 is 4.79 Å². The van der Waals surface area contributed by atoms with Gasteiger partial charge in [0.05, 0.1) is 6.42 Å². The number of piperidine rings is 1. The number of hydrogen-bond acceptors (Lipinski definition) is 4. The van der Waals surface area contributed by atoms with Gasteiger partial charge in [-0.15, -0.1) is 0 Å². The zero-order valence-corrected chi connectivity index (χ0v) is 12.5. The summed E-state index contributed by atoms with van der Waals surface area (Å²) < 4.78 is 0. The van der Waals surface area contributed by atoms with E-state index in [1.807, 2.05) is 31.9 Å². The number of hydrogen-bond donors (Lipinski definition) is 0. The molecule has 0 aliphatic carbocycles. The minimum Gasteiger partial charge on any atom is -0.341 e. The summed E-state index contributed by atoms with van der Waals surface area (Å²) in [5.41, 5.74) is 0.709. The van der Waals surface area contributed by atoms with Gasteiger partial charge in [-0.2, -0.15) is 4.98 Å². The number of anilines is 2. The Morgan fingerprint density at radius 1 is 1.15 bits per heavy atom. The number of aromatic nitrogens is 2. The molecule has 1 saturated heterocycles. The third kappa shape index (κ3) is 2.25. The molecule has 0 unspecified atom stereocenters. The molecule has 0 radical (unpaired) electrons. The molecule has 20 heavy (non-hydrogen) atoms. The lowest BCUT2D eigenvalue weighted by atomic mass is 10.1. The molecule has 0 aromatic carbocycles. The van der Waals surface area contributed by atoms with Gasteiger partial charge in [-0.25, -0.2) is 4.98 Å². The van der Waals surface area contributed by atoms with Crippen molar-refractivity contribution in [1.82, 2.24) is 9.97 Å². The van der Waals surface area contributed by atoms with Crippen LogP contribution in [0.2, 0.25) is 0 Å². The lowest BCUT2D eigenvalue weighted by molar-refractivity contribution is -0.118. The Balaban J connectivity index is 1.96. The van der Waals surface area contributed by atoms with Gasteiger partial charge in [0.15, 0.2) is 0 Å². The van der Waals surface area contributed by atoms with Crippen LogP contribution in [-0.4, -0.2) is 34.5 Å². The van der Waals surface area contributed by atoms with E-state index in [0.29, 0.717) is 6.42 Å². The molecule has 0 saturated carbocycles. The minimum absolute atomic E-state index is 0.123. The minimum atomic E-state index is -0.240. The highest BCUT2D eigenvalue weighted by molar-refractivity contribution is 6.01. The van der Waals surface area contributed by atoms with Gasteiger partial charge in [-0.05, 0) is 40.0 Å². The molecule has 1 amide bonds. The van der Waals surface area contributed by atoms with Gasteiger partial charge in [0.2, 0.25) is 11.9 Å². The van der Waals surface area contributed by atoms with Gasteiger partial charge in [0, 0.05) is 30.4 Å². The van der Waals surface area contributed by atoms with E-state index >= 15 is 0 Å². The topological polar surface area (TPSA) is 49.3 Å². The van der Waals surface area contributed by atoms with Crippen LogP contribution in [0, 0.1) is 0 Å². The van der Waals surface area contributed by atoms with Gasteiger partial charge in [-0.1, -0.05) is 0 Å². The first-order chi connectivity index (χ1) is 9.47. The van der Waals surface area contributed by atoms with Gasteiger partial charge in [0.1, 0.15) is 5.82 Å². The highest BCUT2D eigenvalue weighted by Gasteiger charge is 2.37. The van der Waals surface area contributed by atoms with Crippen molar-refractivity contribution in [3.05, 3.63) is 11.8 Å². The molecule has 108 valence electrons. The van der Waals surface area contributed by atoms with E-state index in [1.165, 1.54) is 19.3 Å². The van der Waals surface area contributed by atoms with Gasteiger partial charge in [-0.3, -0.25) is 9.69 Å². The molecule has 1 aromatic heterocycles. The second kappa shape index (κ2) is 4.72. The summed E-state index contributed by atoms with van der Waals surface area (Å²) in [5.74, 6) is 1.70. The fraction of sp³-hybridized carbons (Fsp3) is 0.667. The van der Waals surface area contributed by atoms with E-state index in [-0.39, 0.29) is 11.4 Å². The number of fused-ring (bicyclic) bond motifs is 1. The Morgan fingerprint density at radius 2 is 1.85 bits per heavy atom. The predicted molar refractivity (Wildman–Crippen MR) is 79.0 cm³/mol. The van der Waals surface area contributed by atoms with Crippen molar-refractivity contribution in [2.45, 2.75) is 52.0 Å². The van der Waals surface area contributed by atoms with Crippen LogP contribution in [0.5, 0.6) is 0 Å². The molecule has 0 atom stereocenters. The van der Waals surface area contributed by atoms with Crippen LogP contribution in [0.4, 0.5) is 11.8 Å². The van der Waals surface area contributed by atoms with E-state index in [9.17, 15) is 4.79 Å². The predicted octanol–water partition coefficient (Wildman–Crippen LogP) is 2.15. The van der Waals surface area contributed by atoms with Crippen molar-refractivity contribution in [3.63, 3.8) is 0 Å². The number of carbonyl (C=O) groups excluding carboxylic acids is 1. The first kappa shape index (κ1) is 13.3. The highest BCUT2D eigenvalue weighted by Crippen LogP contribution is 2.33. The molecular formula is C15H22N4O. The molecule has 2 aliphatic heterocycles. The number of carbonyl (C=O) groups is 1. The van der Waals surface area contributed by atoms with Crippen LogP contribution >= 0.6 is 0 Å². The van der Waals surface area contributed by atoms with Crippen molar-refractivity contribution in [3.8, 4) is 0 Å². The second-order valence-electron chi connectivity index (χ2n) is 6.64. The fourth-order valence-corrected chi connectivity index (χ4v) is 3.01. The smallest absolute Gasteiger partial charge is 0.233 e. The van der Waals surface area contributed by atoms with Crippen LogP contribution in [0.25, 0.3) is 0 Å². The Labute approximate surface area is 120 Å². The summed E-state index contributed by atoms with van der Waals surface area (Å²) in [6.07, 6.45) is 5.93. The fourth-order valence-electron chi connectivity index (χ4n) is 3.01. The maximum atomic E-state index is 12.2. The SMILES string of the molecule is CC(C)(C)N1C(=O)Cc2cnc(N3CCCCC3)nc21. The maximum absolute atomic E-state index is 12.2. The summed E-state index contributed by atoms with van der Waals surface area (Å²) in [4.78, 5) is 25.4. The van der Waals surface area contributed by atoms with Crippen molar-refractivity contribution in [1.29, 1.82) is 0 Å². The van der Waals surface area contributed by atoms with E-state index in [2.05, 4.69) is 9.88 Å². The van der Waals surface area contributed by atoms with Crippen LogP contribution < -0.4 is 9.80 Å². The zero-order valence-electron chi connectivity index (χ0n) is 12.5. The van der Waals surface area contributed by atoms with E-state index < -0.39 is 0 Å². The average Bonchev–Trinajstić information content (AvgIpc) is 2.74. The molecule has 1 fully saturated rings. The monoisotopic (exact) mass is 274 g/mol. The summed E-state index contributed by atoms with van der Waals surface area (Å²) in [6.45, 7) is 8.17.